The number of amides is 3. The van der Waals surface area contributed by atoms with Crippen molar-refractivity contribution in [2.24, 2.45) is 0 Å². The number of nitrogens with zero attached hydrogens (tertiary/aromatic N) is 1. The van der Waals surface area contributed by atoms with Crippen LogP contribution in [0.3, 0.4) is 0 Å². The van der Waals surface area contributed by atoms with Gasteiger partial charge in [0.2, 0.25) is 0 Å². The molecule has 104 valence electrons. The first kappa shape index (κ1) is 12.7. The van der Waals surface area contributed by atoms with Crippen molar-refractivity contribution < 1.29 is 14.3 Å². The second-order valence-corrected chi connectivity index (χ2v) is 4.66. The zero-order valence-corrected chi connectivity index (χ0v) is 10.9. The van der Waals surface area contributed by atoms with Crippen LogP contribution in [0.1, 0.15) is 5.56 Å². The first-order valence-electron chi connectivity index (χ1n) is 6.49. The van der Waals surface area contributed by atoms with Gasteiger partial charge in [-0.25, -0.2) is 4.79 Å². The van der Waals surface area contributed by atoms with Crippen LogP contribution in [0.25, 0.3) is 6.08 Å². The molecule has 2 saturated heterocycles. The van der Waals surface area contributed by atoms with Crippen LogP contribution in [0.5, 0.6) is 0 Å². The van der Waals surface area contributed by atoms with Gasteiger partial charge in [-0.05, 0) is 23.8 Å². The maximum atomic E-state index is 11.4. The normalized spacial score (nSPS) is 21.0. The molecule has 0 atom stereocenters. The molecule has 0 spiro atoms. The average Bonchev–Trinajstić information content (AvgIpc) is 2.79. The SMILES string of the molecule is O=C1NC(=O)/C(=C\c2ccc(N3CCOCC3)cc2)N1. The summed E-state index contributed by atoms with van der Waals surface area (Å²) in [6.45, 7) is 3.27. The molecule has 2 aliphatic heterocycles. The zero-order valence-electron chi connectivity index (χ0n) is 10.9. The van der Waals surface area contributed by atoms with E-state index in [0.717, 1.165) is 37.6 Å². The van der Waals surface area contributed by atoms with Gasteiger partial charge in [0.15, 0.2) is 0 Å². The van der Waals surface area contributed by atoms with E-state index >= 15 is 0 Å². The molecule has 0 saturated carbocycles. The van der Waals surface area contributed by atoms with Crippen LogP contribution >= 0.6 is 0 Å². The molecular formula is C14H15N3O3. The van der Waals surface area contributed by atoms with Gasteiger partial charge in [0.05, 0.1) is 13.2 Å². The molecule has 2 aliphatic rings. The van der Waals surface area contributed by atoms with Crippen LogP contribution in [0.4, 0.5) is 10.5 Å². The summed E-state index contributed by atoms with van der Waals surface area (Å²) < 4.78 is 5.32. The lowest BCUT2D eigenvalue weighted by molar-refractivity contribution is -0.115. The molecule has 0 bridgehead atoms. The molecule has 6 nitrogen and oxygen atoms in total. The van der Waals surface area contributed by atoms with Crippen LogP contribution in [0, 0.1) is 0 Å². The fraction of sp³-hybridized carbons (Fsp3) is 0.286. The van der Waals surface area contributed by atoms with E-state index in [0.29, 0.717) is 0 Å². The van der Waals surface area contributed by atoms with E-state index < -0.39 is 11.9 Å². The first-order chi connectivity index (χ1) is 9.72. The summed E-state index contributed by atoms with van der Waals surface area (Å²) in [6, 6.07) is 7.38. The van der Waals surface area contributed by atoms with E-state index in [1.54, 1.807) is 6.08 Å². The Morgan fingerprint density at radius 3 is 2.35 bits per heavy atom. The summed E-state index contributed by atoms with van der Waals surface area (Å²) in [6.07, 6.45) is 1.66. The summed E-state index contributed by atoms with van der Waals surface area (Å²) in [5, 5.41) is 4.64. The zero-order chi connectivity index (χ0) is 13.9. The summed E-state index contributed by atoms with van der Waals surface area (Å²) in [5.74, 6) is -0.396. The molecule has 1 aromatic rings. The molecule has 0 radical (unpaired) electrons. The summed E-state index contributed by atoms with van der Waals surface area (Å²) in [5.41, 5.74) is 2.28. The molecule has 20 heavy (non-hydrogen) atoms. The Kier molecular flexibility index (Phi) is 3.39. The van der Waals surface area contributed by atoms with Gasteiger partial charge in [-0.1, -0.05) is 12.1 Å². The Bertz CT molecular complexity index is 560. The largest absolute Gasteiger partial charge is 0.378 e. The van der Waals surface area contributed by atoms with Crippen LogP contribution in [0.15, 0.2) is 30.0 Å². The lowest BCUT2D eigenvalue weighted by atomic mass is 10.1. The van der Waals surface area contributed by atoms with Crippen molar-refractivity contribution in [3.8, 4) is 0 Å². The van der Waals surface area contributed by atoms with Crippen molar-refractivity contribution in [3.05, 3.63) is 35.5 Å². The lowest BCUT2D eigenvalue weighted by Crippen LogP contribution is -2.36. The highest BCUT2D eigenvalue weighted by Crippen LogP contribution is 2.18. The number of hydrogen-bond donors (Lipinski definition) is 2. The van der Waals surface area contributed by atoms with Gasteiger partial charge in [-0.3, -0.25) is 10.1 Å². The first-order valence-corrected chi connectivity index (χ1v) is 6.49. The predicted molar refractivity (Wildman–Crippen MR) is 74.1 cm³/mol. The monoisotopic (exact) mass is 273 g/mol. The number of nitrogens with one attached hydrogen (secondary N) is 2. The van der Waals surface area contributed by atoms with Crippen molar-refractivity contribution >= 4 is 23.7 Å². The van der Waals surface area contributed by atoms with Gasteiger partial charge in [0.25, 0.3) is 5.91 Å². The average molecular weight is 273 g/mol. The van der Waals surface area contributed by atoms with Gasteiger partial charge in [0.1, 0.15) is 5.70 Å². The van der Waals surface area contributed by atoms with Crippen LogP contribution in [-0.4, -0.2) is 38.2 Å². The van der Waals surface area contributed by atoms with E-state index in [1.165, 1.54) is 0 Å². The molecule has 6 heteroatoms. The van der Waals surface area contributed by atoms with Crippen LogP contribution < -0.4 is 15.5 Å². The molecule has 2 heterocycles. The van der Waals surface area contributed by atoms with Crippen molar-refractivity contribution in [3.63, 3.8) is 0 Å². The van der Waals surface area contributed by atoms with Crippen molar-refractivity contribution in [1.29, 1.82) is 0 Å². The van der Waals surface area contributed by atoms with Gasteiger partial charge in [-0.2, -0.15) is 0 Å². The smallest absolute Gasteiger partial charge is 0.326 e. The number of carbonyl (C=O) groups is 2. The number of ether oxygens (including phenoxy) is 1. The van der Waals surface area contributed by atoms with E-state index in [1.807, 2.05) is 24.3 Å². The number of hydrogen-bond acceptors (Lipinski definition) is 4. The summed E-state index contributed by atoms with van der Waals surface area (Å²) in [7, 11) is 0. The van der Waals surface area contributed by atoms with Crippen molar-refractivity contribution in [2.75, 3.05) is 31.2 Å². The molecule has 1 aromatic carbocycles. The number of morpholine rings is 1. The third-order valence-electron chi connectivity index (χ3n) is 3.30. The Labute approximate surface area is 116 Å². The molecule has 2 N–H and O–H groups in total. The number of imide groups is 1. The molecule has 0 aliphatic carbocycles. The fourth-order valence-corrected chi connectivity index (χ4v) is 2.25. The number of anilines is 1. The molecule has 0 aromatic heterocycles. The quantitative estimate of drug-likeness (QED) is 0.615. The highest BCUT2D eigenvalue weighted by Gasteiger charge is 2.22. The van der Waals surface area contributed by atoms with Crippen LogP contribution in [-0.2, 0) is 9.53 Å². The molecule has 2 fully saturated rings. The molecule has 3 rings (SSSR count). The van der Waals surface area contributed by atoms with Gasteiger partial charge in [-0.15, -0.1) is 0 Å². The predicted octanol–water partition coefficient (Wildman–Crippen LogP) is 0.703. The number of benzene rings is 1. The van der Waals surface area contributed by atoms with Gasteiger partial charge in [0, 0.05) is 18.8 Å². The Hall–Kier alpha value is -2.34. The molecule has 3 amide bonds. The lowest BCUT2D eigenvalue weighted by Gasteiger charge is -2.28. The summed E-state index contributed by atoms with van der Waals surface area (Å²) >= 11 is 0. The highest BCUT2D eigenvalue weighted by molar-refractivity contribution is 6.13. The minimum Gasteiger partial charge on any atom is -0.378 e. The number of rotatable bonds is 2. The van der Waals surface area contributed by atoms with E-state index in [9.17, 15) is 9.59 Å². The fourth-order valence-electron chi connectivity index (χ4n) is 2.25. The Morgan fingerprint density at radius 1 is 1.05 bits per heavy atom. The number of urea groups is 1. The molecular weight excluding hydrogens is 258 g/mol. The van der Waals surface area contributed by atoms with E-state index in [4.69, 9.17) is 4.74 Å². The minimum absolute atomic E-state index is 0.272. The molecule has 0 unspecified atom stereocenters. The van der Waals surface area contributed by atoms with Gasteiger partial charge < -0.3 is 15.0 Å². The van der Waals surface area contributed by atoms with E-state index in [-0.39, 0.29) is 5.70 Å². The maximum Gasteiger partial charge on any atom is 0.326 e. The maximum absolute atomic E-state index is 11.4. The number of carbonyl (C=O) groups excluding carboxylic acids is 2. The Balaban J connectivity index is 1.74. The second kappa shape index (κ2) is 5.34. The van der Waals surface area contributed by atoms with Crippen molar-refractivity contribution in [2.45, 2.75) is 0 Å². The topological polar surface area (TPSA) is 70.7 Å². The summed E-state index contributed by atoms with van der Waals surface area (Å²) in [4.78, 5) is 24.7. The second-order valence-electron chi connectivity index (χ2n) is 4.66. The standard InChI is InChI=1S/C14H15N3O3/c18-13-12(15-14(19)16-13)9-10-1-3-11(4-2-10)17-5-7-20-8-6-17/h1-4,9H,5-8H2,(H2,15,16,18,19)/b12-9+. The van der Waals surface area contributed by atoms with Crippen LogP contribution in [0.2, 0.25) is 0 Å². The van der Waals surface area contributed by atoms with Crippen molar-refractivity contribution in [1.82, 2.24) is 10.6 Å². The Morgan fingerprint density at radius 2 is 1.75 bits per heavy atom. The van der Waals surface area contributed by atoms with Gasteiger partial charge >= 0.3 is 6.03 Å². The van der Waals surface area contributed by atoms with E-state index in [2.05, 4.69) is 15.5 Å². The highest BCUT2D eigenvalue weighted by atomic mass is 16.5. The third kappa shape index (κ3) is 2.65. The minimum atomic E-state index is -0.480. The third-order valence-corrected chi connectivity index (χ3v) is 3.30.